The molecule has 0 atom stereocenters. The molecule has 3 nitrogen and oxygen atoms in total. The maximum absolute atomic E-state index is 8.12. The minimum absolute atomic E-state index is 0.938. The molecule has 0 saturated heterocycles. The standard InChI is InChI=1S/C46H31N3/c1-3-32-37-20-19-33(35-13-9-14-36(46(35)37)41(32)27-47)30-18-22-43-40(26-30)39-25-28(16-21-42(39)48(43)2)29-17-23-45-38(24-29)34-12-7-8-15-44(34)49(45)31-10-5-4-6-11-31/h3-27,47H,1H2,2H3. The fourth-order valence-electron chi connectivity index (χ4n) is 8.35. The lowest BCUT2D eigenvalue weighted by Crippen LogP contribution is -1.92. The smallest absolute Gasteiger partial charge is 0.0541 e. The van der Waals surface area contributed by atoms with Gasteiger partial charge in [0.05, 0.1) is 11.0 Å². The van der Waals surface area contributed by atoms with Crippen LogP contribution in [-0.2, 0) is 7.05 Å². The summed E-state index contributed by atoms with van der Waals surface area (Å²) in [6.07, 6.45) is 3.35. The first kappa shape index (κ1) is 27.6. The van der Waals surface area contributed by atoms with Crippen LogP contribution in [0.3, 0.4) is 0 Å². The van der Waals surface area contributed by atoms with Crippen molar-refractivity contribution in [3.63, 3.8) is 0 Å². The van der Waals surface area contributed by atoms with Crippen LogP contribution in [0, 0.1) is 5.41 Å². The van der Waals surface area contributed by atoms with E-state index in [2.05, 4.69) is 162 Å². The van der Waals surface area contributed by atoms with Gasteiger partial charge in [-0.25, -0.2) is 0 Å². The van der Waals surface area contributed by atoms with E-state index in [1.54, 1.807) is 0 Å². The molecule has 0 fully saturated rings. The van der Waals surface area contributed by atoms with Crippen molar-refractivity contribution in [2.75, 3.05) is 0 Å². The van der Waals surface area contributed by atoms with Crippen LogP contribution in [0.4, 0.5) is 0 Å². The largest absolute Gasteiger partial charge is 0.344 e. The SMILES string of the molecule is C=CC1=C(C=N)c2cccc3c(-c4ccc5c(c4)c4cc(-c6ccc7c(c6)c6ccccc6n7-c6ccccc6)ccc4n5C)ccc1c23. The van der Waals surface area contributed by atoms with Gasteiger partial charge in [0, 0.05) is 57.1 Å². The minimum Gasteiger partial charge on any atom is -0.344 e. The number of fused-ring (bicyclic) bond motifs is 6. The summed E-state index contributed by atoms with van der Waals surface area (Å²) in [4.78, 5) is 0. The predicted octanol–water partition coefficient (Wildman–Crippen LogP) is 12.0. The molecule has 0 spiro atoms. The normalized spacial score (nSPS) is 12.7. The van der Waals surface area contributed by atoms with Crippen LogP contribution in [0.5, 0.6) is 0 Å². The van der Waals surface area contributed by atoms with E-state index in [1.165, 1.54) is 88.5 Å². The molecule has 0 unspecified atom stereocenters. The lowest BCUT2D eigenvalue weighted by molar-refractivity contribution is 1.01. The van der Waals surface area contributed by atoms with E-state index in [1.807, 2.05) is 6.08 Å². The average Bonchev–Trinajstić information content (AvgIpc) is 3.77. The molecule has 0 amide bonds. The molecule has 0 saturated carbocycles. The van der Waals surface area contributed by atoms with Crippen LogP contribution >= 0.6 is 0 Å². The van der Waals surface area contributed by atoms with E-state index in [0.29, 0.717) is 0 Å². The third kappa shape index (κ3) is 3.81. The highest BCUT2D eigenvalue weighted by molar-refractivity contribution is 6.31. The molecule has 230 valence electrons. The zero-order valence-corrected chi connectivity index (χ0v) is 27.0. The molecule has 7 aromatic carbocycles. The van der Waals surface area contributed by atoms with Crippen molar-refractivity contribution in [1.29, 1.82) is 5.41 Å². The van der Waals surface area contributed by atoms with E-state index in [9.17, 15) is 0 Å². The molecule has 2 heterocycles. The molecular formula is C46H31N3. The Labute approximate surface area is 283 Å². The predicted molar refractivity (Wildman–Crippen MR) is 209 cm³/mol. The summed E-state index contributed by atoms with van der Waals surface area (Å²) in [6, 6.07) is 50.8. The van der Waals surface area contributed by atoms with E-state index in [0.717, 1.165) is 22.3 Å². The molecule has 0 radical (unpaired) electrons. The third-order valence-electron chi connectivity index (χ3n) is 10.6. The van der Waals surface area contributed by atoms with Crippen molar-refractivity contribution < 1.29 is 0 Å². The van der Waals surface area contributed by atoms with E-state index < -0.39 is 0 Å². The topological polar surface area (TPSA) is 33.7 Å². The Morgan fingerprint density at radius 1 is 0.490 bits per heavy atom. The van der Waals surface area contributed by atoms with E-state index >= 15 is 0 Å². The van der Waals surface area contributed by atoms with E-state index in [4.69, 9.17) is 5.41 Å². The summed E-state index contributed by atoms with van der Waals surface area (Å²) >= 11 is 0. The van der Waals surface area contributed by atoms with Gasteiger partial charge in [0.15, 0.2) is 0 Å². The molecule has 0 bridgehead atoms. The fourth-order valence-corrected chi connectivity index (χ4v) is 8.35. The molecular weight excluding hydrogens is 595 g/mol. The van der Waals surface area contributed by atoms with Gasteiger partial charge in [-0.3, -0.25) is 0 Å². The second kappa shape index (κ2) is 10.3. The summed E-state index contributed by atoms with van der Waals surface area (Å²) < 4.78 is 4.67. The first-order valence-corrected chi connectivity index (χ1v) is 16.7. The Morgan fingerprint density at radius 3 is 1.80 bits per heavy atom. The van der Waals surface area contributed by atoms with Gasteiger partial charge in [0.2, 0.25) is 0 Å². The molecule has 0 aliphatic heterocycles. The summed E-state index contributed by atoms with van der Waals surface area (Å²) in [5.41, 5.74) is 15.1. The summed E-state index contributed by atoms with van der Waals surface area (Å²) in [7, 11) is 2.16. The Bertz CT molecular complexity index is 2890. The molecule has 3 heteroatoms. The number of nitrogens with one attached hydrogen (secondary N) is 1. The van der Waals surface area contributed by atoms with Crippen LogP contribution < -0.4 is 0 Å². The summed E-state index contributed by atoms with van der Waals surface area (Å²) in [5, 5.41) is 15.5. The Morgan fingerprint density at radius 2 is 1.06 bits per heavy atom. The monoisotopic (exact) mass is 625 g/mol. The molecule has 1 aliphatic carbocycles. The quantitative estimate of drug-likeness (QED) is 0.185. The van der Waals surface area contributed by atoms with Gasteiger partial charge in [-0.2, -0.15) is 0 Å². The number of benzene rings is 7. The zero-order valence-electron chi connectivity index (χ0n) is 27.0. The van der Waals surface area contributed by atoms with Gasteiger partial charge in [0.1, 0.15) is 0 Å². The van der Waals surface area contributed by atoms with Crippen LogP contribution in [-0.4, -0.2) is 15.3 Å². The number of hydrogen-bond acceptors (Lipinski definition) is 1. The van der Waals surface area contributed by atoms with E-state index in [-0.39, 0.29) is 0 Å². The first-order valence-electron chi connectivity index (χ1n) is 16.7. The number of nitrogens with zero attached hydrogens (tertiary/aromatic N) is 2. The van der Waals surface area contributed by atoms with Gasteiger partial charge in [-0.1, -0.05) is 97.6 Å². The summed E-state index contributed by atoms with van der Waals surface area (Å²) in [5.74, 6) is 0. The maximum atomic E-state index is 8.12. The number of aryl methyl sites for hydroxylation is 1. The van der Waals surface area contributed by atoms with Crippen LogP contribution in [0.25, 0.3) is 93.5 Å². The molecule has 2 aromatic heterocycles. The van der Waals surface area contributed by atoms with Crippen LogP contribution in [0.15, 0.2) is 152 Å². The lowest BCUT2D eigenvalue weighted by Gasteiger charge is -2.11. The summed E-state index contributed by atoms with van der Waals surface area (Å²) in [6.45, 7) is 4.06. The number of para-hydroxylation sites is 2. The fraction of sp³-hybridized carbons (Fsp3) is 0.0217. The average molecular weight is 626 g/mol. The van der Waals surface area contributed by atoms with Crippen molar-refractivity contribution in [3.05, 3.63) is 163 Å². The van der Waals surface area contributed by atoms with Crippen LogP contribution in [0.1, 0.15) is 11.1 Å². The third-order valence-corrected chi connectivity index (χ3v) is 10.6. The maximum Gasteiger partial charge on any atom is 0.0541 e. The zero-order chi connectivity index (χ0) is 32.8. The van der Waals surface area contributed by atoms with Crippen molar-refractivity contribution in [3.8, 4) is 27.9 Å². The van der Waals surface area contributed by atoms with Crippen molar-refractivity contribution >= 4 is 71.7 Å². The van der Waals surface area contributed by atoms with Crippen LogP contribution in [0.2, 0.25) is 0 Å². The number of aromatic nitrogens is 2. The van der Waals surface area contributed by atoms with Crippen molar-refractivity contribution in [2.45, 2.75) is 0 Å². The van der Waals surface area contributed by atoms with Gasteiger partial charge in [0.25, 0.3) is 0 Å². The highest BCUT2D eigenvalue weighted by Crippen LogP contribution is 2.45. The second-order valence-electron chi connectivity index (χ2n) is 13.0. The highest BCUT2D eigenvalue weighted by Gasteiger charge is 2.23. The number of allylic oxidation sites excluding steroid dienone is 3. The lowest BCUT2D eigenvalue weighted by atomic mass is 9.93. The Balaban J connectivity index is 1.14. The highest BCUT2D eigenvalue weighted by atomic mass is 15.0. The molecule has 1 N–H and O–H groups in total. The van der Waals surface area contributed by atoms with Gasteiger partial charge >= 0.3 is 0 Å². The molecule has 10 rings (SSSR count). The number of hydrogen-bond donors (Lipinski definition) is 1. The van der Waals surface area contributed by atoms with Gasteiger partial charge in [-0.15, -0.1) is 0 Å². The minimum atomic E-state index is 0.938. The van der Waals surface area contributed by atoms with Gasteiger partial charge in [-0.05, 0) is 104 Å². The Kier molecular flexibility index (Phi) is 5.80. The van der Waals surface area contributed by atoms with Gasteiger partial charge < -0.3 is 14.5 Å². The molecule has 49 heavy (non-hydrogen) atoms. The second-order valence-corrected chi connectivity index (χ2v) is 13.0. The van der Waals surface area contributed by atoms with Crippen molar-refractivity contribution in [2.24, 2.45) is 7.05 Å². The molecule has 1 aliphatic rings. The Hall–Kier alpha value is -6.45. The van der Waals surface area contributed by atoms with Crippen molar-refractivity contribution in [1.82, 2.24) is 9.13 Å². The number of rotatable bonds is 5. The first-order chi connectivity index (χ1) is 24.1. The molecule has 9 aromatic rings.